The summed E-state index contributed by atoms with van der Waals surface area (Å²) in [5.41, 5.74) is 0.480. The molecule has 0 spiro atoms. The van der Waals surface area contributed by atoms with Gasteiger partial charge < -0.3 is 4.74 Å². The van der Waals surface area contributed by atoms with Gasteiger partial charge in [-0.15, -0.1) is 0 Å². The molecule has 13 heavy (non-hydrogen) atoms. The lowest BCUT2D eigenvalue weighted by molar-refractivity contribution is 0.102. The van der Waals surface area contributed by atoms with E-state index in [1.54, 1.807) is 12.3 Å². The first-order valence-corrected chi connectivity index (χ1v) is 5.39. The number of pyridine rings is 1. The maximum Gasteiger partial charge on any atom is 0.224 e. The number of ketones is 1. The zero-order chi connectivity index (χ0) is 9.84. The minimum Gasteiger partial charge on any atom is -0.480 e. The van der Waals surface area contributed by atoms with Crippen molar-refractivity contribution in [2.75, 3.05) is 12.4 Å². The predicted octanol–water partition coefficient (Wildman–Crippen LogP) is 2.43. The fourth-order valence-electron chi connectivity index (χ4n) is 0.861. The third-order valence-corrected chi connectivity index (χ3v) is 2.38. The van der Waals surface area contributed by atoms with Crippen LogP contribution in [-0.4, -0.2) is 23.2 Å². The van der Waals surface area contributed by atoms with Crippen LogP contribution in [0.25, 0.3) is 0 Å². The molecule has 0 aromatic carbocycles. The maximum atomic E-state index is 11.4. The van der Waals surface area contributed by atoms with Gasteiger partial charge in [0.15, 0.2) is 5.78 Å². The Balaban J connectivity index is 3.15. The molecule has 0 atom stereocenters. The van der Waals surface area contributed by atoms with Gasteiger partial charge in [-0.2, -0.15) is 0 Å². The van der Waals surface area contributed by atoms with Crippen LogP contribution in [0.5, 0.6) is 5.88 Å². The molecule has 0 amide bonds. The first-order chi connectivity index (χ1) is 6.19. The van der Waals surface area contributed by atoms with Crippen LogP contribution >= 0.6 is 31.9 Å². The van der Waals surface area contributed by atoms with Crippen molar-refractivity contribution in [3.8, 4) is 5.88 Å². The smallest absolute Gasteiger partial charge is 0.224 e. The standard InChI is InChI=1S/C8H7Br2NO2/c1-13-8-6(7(12)3-9)2-5(10)4-11-8/h2,4H,3H2,1H3. The predicted molar refractivity (Wildman–Crippen MR) is 56.6 cm³/mol. The quantitative estimate of drug-likeness (QED) is 0.636. The summed E-state index contributed by atoms with van der Waals surface area (Å²) in [7, 11) is 1.49. The summed E-state index contributed by atoms with van der Waals surface area (Å²) in [6.07, 6.45) is 1.59. The molecule has 1 aromatic heterocycles. The van der Waals surface area contributed by atoms with Gasteiger partial charge in [0.1, 0.15) is 0 Å². The van der Waals surface area contributed by atoms with Crippen molar-refractivity contribution in [1.29, 1.82) is 0 Å². The van der Waals surface area contributed by atoms with Crippen LogP contribution in [0.15, 0.2) is 16.7 Å². The van der Waals surface area contributed by atoms with E-state index in [-0.39, 0.29) is 11.1 Å². The molecule has 70 valence electrons. The maximum absolute atomic E-state index is 11.4. The minimum absolute atomic E-state index is 0.0503. The Bertz CT molecular complexity index is 328. The molecule has 0 unspecified atom stereocenters. The summed E-state index contributed by atoms with van der Waals surface area (Å²) in [5, 5.41) is 0.265. The van der Waals surface area contributed by atoms with Crippen molar-refractivity contribution < 1.29 is 9.53 Å². The lowest BCUT2D eigenvalue weighted by Gasteiger charge is -2.04. The molecule has 0 saturated heterocycles. The molecule has 5 heteroatoms. The zero-order valence-corrected chi connectivity index (χ0v) is 10.1. The van der Waals surface area contributed by atoms with Gasteiger partial charge in [-0.25, -0.2) is 4.98 Å². The summed E-state index contributed by atoms with van der Waals surface area (Å²) in [6, 6.07) is 1.69. The molecule has 3 nitrogen and oxygen atoms in total. The van der Waals surface area contributed by atoms with Crippen LogP contribution in [-0.2, 0) is 0 Å². The van der Waals surface area contributed by atoms with E-state index in [0.29, 0.717) is 11.4 Å². The number of halogens is 2. The summed E-state index contributed by atoms with van der Waals surface area (Å²) in [4.78, 5) is 15.3. The molecule has 0 fully saturated rings. The van der Waals surface area contributed by atoms with Crippen LogP contribution in [0.2, 0.25) is 0 Å². The van der Waals surface area contributed by atoms with Crippen molar-refractivity contribution in [2.24, 2.45) is 0 Å². The molecule has 1 aromatic rings. The van der Waals surface area contributed by atoms with Gasteiger partial charge in [-0.05, 0) is 22.0 Å². The lowest BCUT2D eigenvalue weighted by Crippen LogP contribution is -2.04. The molecule has 0 aliphatic rings. The summed E-state index contributed by atoms with van der Waals surface area (Å²) in [6.45, 7) is 0. The van der Waals surface area contributed by atoms with Gasteiger partial charge in [0.25, 0.3) is 0 Å². The molecule has 1 rings (SSSR count). The third kappa shape index (κ3) is 2.51. The van der Waals surface area contributed by atoms with Crippen LogP contribution in [0.1, 0.15) is 10.4 Å². The average molecular weight is 309 g/mol. The van der Waals surface area contributed by atoms with Crippen molar-refractivity contribution in [2.45, 2.75) is 0 Å². The van der Waals surface area contributed by atoms with E-state index >= 15 is 0 Å². The van der Waals surface area contributed by atoms with Crippen molar-refractivity contribution >= 4 is 37.6 Å². The Labute approximate surface area is 92.8 Å². The molecule has 1 heterocycles. The Hall–Kier alpha value is -0.420. The fraction of sp³-hybridized carbons (Fsp3) is 0.250. The highest BCUT2D eigenvalue weighted by molar-refractivity contribution is 9.10. The summed E-state index contributed by atoms with van der Waals surface area (Å²) >= 11 is 6.33. The highest BCUT2D eigenvalue weighted by Gasteiger charge is 2.12. The van der Waals surface area contributed by atoms with Crippen molar-refractivity contribution in [3.05, 3.63) is 22.3 Å². The molecule has 0 saturated carbocycles. The van der Waals surface area contributed by atoms with E-state index in [2.05, 4.69) is 36.8 Å². The Morgan fingerprint density at radius 3 is 2.92 bits per heavy atom. The van der Waals surface area contributed by atoms with Crippen LogP contribution in [0.4, 0.5) is 0 Å². The van der Waals surface area contributed by atoms with Gasteiger partial charge in [-0.3, -0.25) is 4.79 Å². The highest BCUT2D eigenvalue weighted by Crippen LogP contribution is 2.20. The number of ether oxygens (including phenoxy) is 1. The molecule has 0 N–H and O–H groups in total. The van der Waals surface area contributed by atoms with E-state index in [0.717, 1.165) is 4.47 Å². The number of hydrogen-bond donors (Lipinski definition) is 0. The normalized spacial score (nSPS) is 9.77. The van der Waals surface area contributed by atoms with Gasteiger partial charge in [0.2, 0.25) is 5.88 Å². The molecule has 0 aliphatic heterocycles. The molecular weight excluding hydrogens is 302 g/mol. The van der Waals surface area contributed by atoms with Crippen LogP contribution in [0, 0.1) is 0 Å². The Morgan fingerprint density at radius 1 is 1.69 bits per heavy atom. The van der Waals surface area contributed by atoms with Gasteiger partial charge >= 0.3 is 0 Å². The monoisotopic (exact) mass is 307 g/mol. The first-order valence-electron chi connectivity index (χ1n) is 3.47. The van der Waals surface area contributed by atoms with E-state index in [1.807, 2.05) is 0 Å². The number of Topliss-reactive ketones (excluding diaryl/α,β-unsaturated/α-hetero) is 1. The van der Waals surface area contributed by atoms with E-state index in [4.69, 9.17) is 4.74 Å². The Kier molecular flexibility index (Phi) is 3.87. The van der Waals surface area contributed by atoms with Gasteiger partial charge in [-0.1, -0.05) is 15.9 Å². The van der Waals surface area contributed by atoms with E-state index < -0.39 is 0 Å². The number of carbonyl (C=O) groups excluding carboxylic acids is 1. The van der Waals surface area contributed by atoms with Gasteiger partial charge in [0, 0.05) is 10.7 Å². The Morgan fingerprint density at radius 2 is 2.38 bits per heavy atom. The number of carbonyl (C=O) groups is 1. The summed E-state index contributed by atoms with van der Waals surface area (Å²) in [5.74, 6) is 0.304. The number of methoxy groups -OCH3 is 1. The summed E-state index contributed by atoms with van der Waals surface area (Å²) < 4.78 is 5.71. The molecule has 0 aliphatic carbocycles. The van der Waals surface area contributed by atoms with E-state index in [1.165, 1.54) is 7.11 Å². The second kappa shape index (κ2) is 4.72. The average Bonchev–Trinajstić information content (AvgIpc) is 2.16. The fourth-order valence-corrected chi connectivity index (χ4v) is 1.49. The second-order valence-electron chi connectivity index (χ2n) is 2.27. The zero-order valence-electron chi connectivity index (χ0n) is 6.88. The number of rotatable bonds is 3. The minimum atomic E-state index is -0.0503. The lowest BCUT2D eigenvalue weighted by atomic mass is 10.2. The first kappa shape index (κ1) is 10.7. The molecule has 0 radical (unpaired) electrons. The van der Waals surface area contributed by atoms with Gasteiger partial charge in [0.05, 0.1) is 18.0 Å². The number of nitrogens with zero attached hydrogens (tertiary/aromatic N) is 1. The molecule has 0 bridgehead atoms. The topological polar surface area (TPSA) is 39.2 Å². The second-order valence-corrected chi connectivity index (χ2v) is 3.74. The molecular formula is C8H7Br2NO2. The number of aromatic nitrogens is 1. The largest absolute Gasteiger partial charge is 0.480 e. The van der Waals surface area contributed by atoms with Crippen molar-refractivity contribution in [3.63, 3.8) is 0 Å². The SMILES string of the molecule is COc1ncc(Br)cc1C(=O)CBr. The third-order valence-electron chi connectivity index (χ3n) is 1.43. The highest BCUT2D eigenvalue weighted by atomic mass is 79.9. The number of hydrogen-bond acceptors (Lipinski definition) is 3. The van der Waals surface area contributed by atoms with E-state index in [9.17, 15) is 4.79 Å². The van der Waals surface area contributed by atoms with Crippen LogP contribution < -0.4 is 4.74 Å². The number of alkyl halides is 1. The van der Waals surface area contributed by atoms with Crippen molar-refractivity contribution in [1.82, 2.24) is 4.98 Å². The van der Waals surface area contributed by atoms with Crippen LogP contribution in [0.3, 0.4) is 0 Å².